The van der Waals surface area contributed by atoms with Crippen LogP contribution in [0.1, 0.15) is 0 Å². The summed E-state index contributed by atoms with van der Waals surface area (Å²) >= 11 is 1.87. The average molecular weight is 388 g/mol. The Bertz CT molecular complexity index is 1920. The Morgan fingerprint density at radius 3 is 2.38 bits per heavy atom. The van der Waals surface area contributed by atoms with Gasteiger partial charge >= 0.3 is 0 Å². The lowest BCUT2D eigenvalue weighted by Gasteiger charge is -2.06. The van der Waals surface area contributed by atoms with E-state index in [4.69, 9.17) is 0 Å². The number of benzene rings is 4. The molecule has 0 atom stereocenters. The van der Waals surface area contributed by atoms with Gasteiger partial charge in [0, 0.05) is 20.9 Å². The van der Waals surface area contributed by atoms with Crippen LogP contribution in [-0.2, 0) is 0 Å². The van der Waals surface area contributed by atoms with E-state index >= 15 is 0 Å². The highest BCUT2D eigenvalue weighted by atomic mass is 32.1. The number of rotatable bonds is 0. The van der Waals surface area contributed by atoms with E-state index in [1.165, 1.54) is 63.7 Å². The summed E-state index contributed by atoms with van der Waals surface area (Å²) in [5.41, 5.74) is 3.74. The van der Waals surface area contributed by atoms with Crippen molar-refractivity contribution in [3.8, 4) is 0 Å². The van der Waals surface area contributed by atoms with Gasteiger partial charge in [0.2, 0.25) is 0 Å². The average Bonchev–Trinajstić information content (AvgIpc) is 3.25. The fourth-order valence-electron chi connectivity index (χ4n) is 5.29. The Balaban J connectivity index is 1.95. The molecule has 0 fully saturated rings. The van der Waals surface area contributed by atoms with Gasteiger partial charge < -0.3 is 0 Å². The molecule has 4 heterocycles. The van der Waals surface area contributed by atoms with Crippen molar-refractivity contribution in [1.82, 2.24) is 9.73 Å². The quantitative estimate of drug-likeness (QED) is 0.234. The van der Waals surface area contributed by atoms with Crippen LogP contribution in [0.3, 0.4) is 0 Å². The highest BCUT2D eigenvalue weighted by Crippen LogP contribution is 2.45. The highest BCUT2D eigenvalue weighted by Gasteiger charge is 2.25. The van der Waals surface area contributed by atoms with Crippen molar-refractivity contribution < 1.29 is 4.52 Å². The molecular weight excluding hydrogens is 374 g/mol. The molecule has 4 aromatic carbocycles. The molecule has 0 amide bonds. The maximum absolute atomic E-state index is 3.70. The van der Waals surface area contributed by atoms with E-state index in [1.807, 2.05) is 11.3 Å². The molecule has 0 bridgehead atoms. The van der Waals surface area contributed by atoms with Crippen LogP contribution in [0.4, 0.5) is 0 Å². The van der Waals surface area contributed by atoms with Crippen molar-refractivity contribution >= 4 is 75.0 Å². The molecule has 0 saturated carbocycles. The van der Waals surface area contributed by atoms with Crippen molar-refractivity contribution in [3.63, 3.8) is 0 Å². The zero-order chi connectivity index (χ0) is 18.7. The maximum Gasteiger partial charge on any atom is 0.179 e. The molecule has 3 nitrogen and oxygen atoms in total. The normalized spacial score (nSPS) is 12.8. The van der Waals surface area contributed by atoms with Gasteiger partial charge in [-0.15, -0.1) is 20.4 Å². The van der Waals surface area contributed by atoms with Gasteiger partial charge in [-0.2, -0.15) is 0 Å². The van der Waals surface area contributed by atoms with Crippen LogP contribution in [-0.4, -0.2) is 9.73 Å². The number of para-hydroxylation sites is 1. The number of fused-ring (bicyclic) bond motifs is 6. The van der Waals surface area contributed by atoms with Gasteiger partial charge in [0.05, 0.1) is 10.1 Å². The zero-order valence-corrected chi connectivity index (χ0v) is 16.1. The Kier molecular flexibility index (Phi) is 2.32. The van der Waals surface area contributed by atoms with Gasteiger partial charge in [0.1, 0.15) is 6.20 Å². The first kappa shape index (κ1) is 14.4. The van der Waals surface area contributed by atoms with Gasteiger partial charge in [0.15, 0.2) is 16.6 Å². The summed E-state index contributed by atoms with van der Waals surface area (Å²) in [4.78, 5) is 0. The second-order valence-electron chi connectivity index (χ2n) is 7.78. The van der Waals surface area contributed by atoms with Crippen LogP contribution < -0.4 is 4.52 Å². The van der Waals surface area contributed by atoms with Crippen LogP contribution in [0.2, 0.25) is 0 Å². The van der Waals surface area contributed by atoms with E-state index < -0.39 is 0 Å². The van der Waals surface area contributed by atoms with E-state index in [-0.39, 0.29) is 0 Å². The molecule has 134 valence electrons. The van der Waals surface area contributed by atoms with Gasteiger partial charge in [-0.05, 0) is 46.5 Å². The first-order valence-electron chi connectivity index (χ1n) is 9.81. The number of nitrogens with zero attached hydrogens (tertiary/aromatic N) is 2. The molecule has 0 unspecified atom stereocenters. The summed E-state index contributed by atoms with van der Waals surface area (Å²) in [5, 5.41) is 13.0. The summed E-state index contributed by atoms with van der Waals surface area (Å²) in [6.45, 7) is 0. The minimum atomic E-state index is 1.20. The van der Waals surface area contributed by atoms with Gasteiger partial charge in [0.25, 0.3) is 0 Å². The second-order valence-corrected chi connectivity index (χ2v) is 8.86. The molecule has 0 aliphatic rings. The molecular formula is C25H14N3S+. The number of aromatic amines is 1. The highest BCUT2D eigenvalue weighted by molar-refractivity contribution is 7.25. The first-order valence-corrected chi connectivity index (χ1v) is 10.6. The number of hydrogen-bond acceptors (Lipinski definition) is 1. The molecule has 0 saturated heterocycles. The number of pyridine rings is 1. The number of thiophene rings is 1. The standard InChI is InChI=1S/C25H14N3S/c1-2-7-15-14(6-1)16-11-12-19-23-22(16)25-21(15)17-8-3-4-9-18(17)28(25)26-27-13-5-10-20(29-19)24(23)27/h1-13,26H/q+1. The van der Waals surface area contributed by atoms with E-state index in [0.29, 0.717) is 0 Å². The molecule has 0 aliphatic heterocycles. The van der Waals surface area contributed by atoms with Gasteiger partial charge in [-0.25, -0.2) is 0 Å². The van der Waals surface area contributed by atoms with Crippen molar-refractivity contribution in [1.29, 1.82) is 0 Å². The summed E-state index contributed by atoms with van der Waals surface area (Å²) in [6, 6.07) is 26.5. The van der Waals surface area contributed by atoms with E-state index in [1.54, 1.807) is 0 Å². The van der Waals surface area contributed by atoms with Crippen LogP contribution in [0.25, 0.3) is 63.7 Å². The number of hydrogen-bond donors (Lipinski definition) is 1. The molecule has 0 aliphatic carbocycles. The molecule has 0 spiro atoms. The number of aromatic nitrogens is 3. The van der Waals surface area contributed by atoms with Crippen LogP contribution in [0.15, 0.2) is 79.0 Å². The summed E-state index contributed by atoms with van der Waals surface area (Å²) in [5.74, 6) is 0. The summed E-state index contributed by atoms with van der Waals surface area (Å²) in [6.07, 6.45) is 2.12. The molecule has 1 N–H and O–H groups in total. The minimum Gasteiger partial charge on any atom is -0.133 e. The smallest absolute Gasteiger partial charge is 0.133 e. The molecule has 29 heavy (non-hydrogen) atoms. The third kappa shape index (κ3) is 1.53. The summed E-state index contributed by atoms with van der Waals surface area (Å²) < 4.78 is 7.11. The molecule has 4 aromatic heterocycles. The second kappa shape index (κ2) is 4.67. The van der Waals surface area contributed by atoms with Crippen LogP contribution in [0.5, 0.6) is 0 Å². The monoisotopic (exact) mass is 388 g/mol. The van der Waals surface area contributed by atoms with Crippen molar-refractivity contribution in [2.75, 3.05) is 0 Å². The number of nitrogens with one attached hydrogen (secondary N) is 1. The molecule has 4 heteroatoms. The zero-order valence-electron chi connectivity index (χ0n) is 15.3. The third-order valence-corrected chi connectivity index (χ3v) is 7.50. The van der Waals surface area contributed by atoms with Gasteiger partial charge in [-0.3, -0.25) is 0 Å². The predicted octanol–water partition coefficient (Wildman–Crippen LogP) is 6.27. The third-order valence-electron chi connectivity index (χ3n) is 6.39. The van der Waals surface area contributed by atoms with E-state index in [0.717, 1.165) is 0 Å². The molecule has 0 radical (unpaired) electrons. The Hall–Kier alpha value is -3.63. The first-order chi connectivity index (χ1) is 14.4. The van der Waals surface area contributed by atoms with Crippen molar-refractivity contribution in [3.05, 3.63) is 79.0 Å². The Labute approximate surface area is 168 Å². The Morgan fingerprint density at radius 1 is 0.655 bits per heavy atom. The minimum absolute atomic E-state index is 1.20. The topological polar surface area (TPSA) is 24.3 Å². The number of H-pyrrole nitrogens is 1. The molecule has 8 rings (SSSR count). The van der Waals surface area contributed by atoms with E-state index in [9.17, 15) is 0 Å². The predicted molar refractivity (Wildman–Crippen MR) is 122 cm³/mol. The van der Waals surface area contributed by atoms with Crippen LogP contribution >= 0.6 is 11.3 Å². The largest absolute Gasteiger partial charge is 0.179 e. The van der Waals surface area contributed by atoms with E-state index in [2.05, 4.69) is 93.2 Å². The lowest BCUT2D eigenvalue weighted by molar-refractivity contribution is -0.585. The Morgan fingerprint density at radius 2 is 1.45 bits per heavy atom. The fraction of sp³-hybridized carbons (Fsp3) is 0. The van der Waals surface area contributed by atoms with Crippen LogP contribution in [0, 0.1) is 0 Å². The maximum atomic E-state index is 3.70. The lowest BCUT2D eigenvalue weighted by atomic mass is 9.95. The fourth-order valence-corrected chi connectivity index (χ4v) is 6.40. The lowest BCUT2D eigenvalue weighted by Crippen LogP contribution is -2.26. The SMILES string of the molecule is c1ccc2c(c1)c1ccc3sc4ccc[n+]5[nH]n6c7ccccc7c2c6c1c3c45. The van der Waals surface area contributed by atoms with Gasteiger partial charge in [-0.1, -0.05) is 47.7 Å². The van der Waals surface area contributed by atoms with Crippen molar-refractivity contribution in [2.45, 2.75) is 0 Å². The summed E-state index contributed by atoms with van der Waals surface area (Å²) in [7, 11) is 0. The van der Waals surface area contributed by atoms with Crippen molar-refractivity contribution in [2.24, 2.45) is 0 Å². The molecule has 8 aromatic rings.